The lowest BCUT2D eigenvalue weighted by Crippen LogP contribution is -2.41. The van der Waals surface area contributed by atoms with Crippen LogP contribution in [0.2, 0.25) is 0 Å². The van der Waals surface area contributed by atoms with Gasteiger partial charge in [-0.1, -0.05) is 0 Å². The van der Waals surface area contributed by atoms with Gasteiger partial charge in [-0.15, -0.1) is 0 Å². The Morgan fingerprint density at radius 1 is 1.37 bits per heavy atom. The minimum atomic E-state index is -1.41. The van der Waals surface area contributed by atoms with Crippen molar-refractivity contribution in [2.24, 2.45) is 0 Å². The maximum atomic E-state index is 10.5. The zero-order valence-corrected chi connectivity index (χ0v) is 11.9. The van der Waals surface area contributed by atoms with Gasteiger partial charge in [0.15, 0.2) is 5.76 Å². The molecule has 3 atom stereocenters. The first-order valence-corrected chi connectivity index (χ1v) is 6.21. The maximum Gasteiger partial charge on any atom is 0.270 e. The first-order valence-electron chi connectivity index (χ1n) is 6.21. The lowest BCUT2D eigenvalue weighted by Gasteiger charge is -2.33. The number of hydrogen-bond acceptors (Lipinski definition) is 5. The van der Waals surface area contributed by atoms with Crippen LogP contribution in [-0.2, 0) is 14.2 Å². The van der Waals surface area contributed by atoms with Crippen molar-refractivity contribution in [2.45, 2.75) is 45.7 Å². The van der Waals surface area contributed by atoms with Crippen LogP contribution in [0.15, 0.2) is 34.5 Å². The fraction of sp³-hybridized carbons (Fsp3) is 0.571. The highest BCUT2D eigenvalue weighted by atomic mass is 16.7. The van der Waals surface area contributed by atoms with Crippen LogP contribution in [0.25, 0.3) is 0 Å². The van der Waals surface area contributed by atoms with Gasteiger partial charge in [0.05, 0.1) is 24.5 Å². The second-order valence-corrected chi connectivity index (χ2v) is 5.06. The third kappa shape index (κ3) is 2.13. The molecular weight excluding hydrogens is 248 g/mol. The third-order valence-electron chi connectivity index (χ3n) is 3.58. The lowest BCUT2D eigenvalue weighted by molar-refractivity contribution is -0.0577. The minimum Gasteiger partial charge on any atom is -0.493 e. The highest BCUT2D eigenvalue weighted by Gasteiger charge is 2.43. The monoisotopic (exact) mass is 268 g/mol. The summed E-state index contributed by atoms with van der Waals surface area (Å²) in [5.41, 5.74) is -0.211. The van der Waals surface area contributed by atoms with Gasteiger partial charge in [-0.25, -0.2) is 0 Å². The van der Waals surface area contributed by atoms with E-state index >= 15 is 0 Å². The summed E-state index contributed by atoms with van der Waals surface area (Å²) in [6.45, 7) is 6.66. The summed E-state index contributed by atoms with van der Waals surface area (Å²) in [4.78, 5) is 0. The molecule has 2 unspecified atom stereocenters. The number of aliphatic hydroxyl groups is 2. The molecule has 0 spiro atoms. The Balaban J connectivity index is 2.62. The number of ether oxygens (including phenoxy) is 3. The van der Waals surface area contributed by atoms with Crippen molar-refractivity contribution in [1.82, 2.24) is 0 Å². The second-order valence-electron chi connectivity index (χ2n) is 5.06. The number of rotatable bonds is 3. The van der Waals surface area contributed by atoms with Crippen LogP contribution in [0.4, 0.5) is 0 Å². The molecule has 0 aliphatic carbocycles. The smallest absolute Gasteiger partial charge is 0.270 e. The molecule has 0 amide bonds. The molecule has 0 radical (unpaired) electrons. The third-order valence-corrected chi connectivity index (χ3v) is 3.58. The van der Waals surface area contributed by atoms with Gasteiger partial charge in [0.2, 0.25) is 0 Å². The largest absolute Gasteiger partial charge is 0.493 e. The van der Waals surface area contributed by atoms with Crippen LogP contribution in [0, 0.1) is 0 Å². The van der Waals surface area contributed by atoms with E-state index in [9.17, 15) is 10.2 Å². The molecule has 2 aliphatic rings. The van der Waals surface area contributed by atoms with E-state index in [1.165, 1.54) is 7.11 Å². The van der Waals surface area contributed by atoms with Crippen LogP contribution in [0.5, 0.6) is 0 Å². The summed E-state index contributed by atoms with van der Waals surface area (Å²) < 4.78 is 16.5. The Labute approximate surface area is 112 Å². The van der Waals surface area contributed by atoms with Gasteiger partial charge in [0.1, 0.15) is 11.4 Å². The molecule has 0 aromatic heterocycles. The molecule has 2 rings (SSSR count). The molecule has 0 saturated carbocycles. The van der Waals surface area contributed by atoms with Gasteiger partial charge in [-0.05, 0) is 33.8 Å². The Kier molecular flexibility index (Phi) is 3.36. The predicted molar refractivity (Wildman–Crippen MR) is 68.8 cm³/mol. The number of aliphatic hydroxyl groups excluding tert-OH is 1. The molecule has 2 heterocycles. The van der Waals surface area contributed by atoms with E-state index in [4.69, 9.17) is 14.2 Å². The number of allylic oxidation sites excluding steroid dienone is 2. The van der Waals surface area contributed by atoms with Crippen molar-refractivity contribution in [3.8, 4) is 0 Å². The van der Waals surface area contributed by atoms with E-state index in [-0.39, 0.29) is 0 Å². The van der Waals surface area contributed by atoms with E-state index in [0.717, 1.165) is 0 Å². The SMILES string of the molecule is COC1=C(C)OC2OC(C)=CC(C(C)(O)[C@@H](C)O)=C12. The van der Waals surface area contributed by atoms with Crippen molar-refractivity contribution in [3.05, 3.63) is 34.5 Å². The Morgan fingerprint density at radius 3 is 2.53 bits per heavy atom. The van der Waals surface area contributed by atoms with Crippen molar-refractivity contribution < 1.29 is 24.4 Å². The fourth-order valence-electron chi connectivity index (χ4n) is 2.28. The Bertz CT molecular complexity index is 482. The van der Waals surface area contributed by atoms with E-state index in [2.05, 4.69) is 0 Å². The molecule has 5 nitrogen and oxygen atoms in total. The first kappa shape index (κ1) is 14.0. The molecule has 0 bridgehead atoms. The van der Waals surface area contributed by atoms with Crippen LogP contribution in [0.3, 0.4) is 0 Å². The molecule has 106 valence electrons. The van der Waals surface area contributed by atoms with Gasteiger partial charge in [-0.3, -0.25) is 0 Å². The van der Waals surface area contributed by atoms with Gasteiger partial charge in [0.25, 0.3) is 6.29 Å². The van der Waals surface area contributed by atoms with Gasteiger partial charge in [0, 0.05) is 5.57 Å². The number of methoxy groups -OCH3 is 1. The summed E-state index contributed by atoms with van der Waals surface area (Å²) >= 11 is 0. The Morgan fingerprint density at radius 2 is 2.00 bits per heavy atom. The zero-order valence-electron chi connectivity index (χ0n) is 11.9. The molecule has 0 aromatic rings. The average molecular weight is 268 g/mol. The molecule has 2 N–H and O–H groups in total. The molecule has 0 saturated heterocycles. The summed E-state index contributed by atoms with van der Waals surface area (Å²) in [6, 6.07) is 0. The van der Waals surface area contributed by atoms with Gasteiger partial charge >= 0.3 is 0 Å². The molecule has 5 heteroatoms. The summed E-state index contributed by atoms with van der Waals surface area (Å²) in [6.07, 6.45) is 0.150. The minimum absolute atomic E-state index is 0.546. The highest BCUT2D eigenvalue weighted by Crippen LogP contribution is 2.42. The zero-order chi connectivity index (χ0) is 14.4. The number of hydrogen-bond donors (Lipinski definition) is 2. The summed E-state index contributed by atoms with van der Waals surface area (Å²) in [5, 5.41) is 20.4. The van der Waals surface area contributed by atoms with Crippen molar-refractivity contribution >= 4 is 0 Å². The van der Waals surface area contributed by atoms with E-state index < -0.39 is 18.0 Å². The van der Waals surface area contributed by atoms with Crippen LogP contribution in [-0.4, -0.2) is 35.3 Å². The van der Waals surface area contributed by atoms with Crippen LogP contribution < -0.4 is 0 Å². The topological polar surface area (TPSA) is 68.2 Å². The van der Waals surface area contributed by atoms with Crippen molar-refractivity contribution in [1.29, 1.82) is 0 Å². The van der Waals surface area contributed by atoms with Gasteiger partial charge < -0.3 is 24.4 Å². The normalized spacial score (nSPS) is 27.1. The molecular formula is C14H20O5. The van der Waals surface area contributed by atoms with Crippen LogP contribution in [0.1, 0.15) is 27.7 Å². The molecule has 2 aliphatic heterocycles. The van der Waals surface area contributed by atoms with Crippen molar-refractivity contribution in [2.75, 3.05) is 7.11 Å². The van der Waals surface area contributed by atoms with E-state index in [1.807, 2.05) is 0 Å². The van der Waals surface area contributed by atoms with Gasteiger partial charge in [-0.2, -0.15) is 0 Å². The summed E-state index contributed by atoms with van der Waals surface area (Å²) in [7, 11) is 1.54. The molecule has 0 fully saturated rings. The average Bonchev–Trinajstić information content (AvgIpc) is 2.62. The van der Waals surface area contributed by atoms with Crippen molar-refractivity contribution in [3.63, 3.8) is 0 Å². The standard InChI is InChI=1S/C14H20O5/c1-7-6-10(14(4,16)9(3)15)11-12(17-5)8(2)19-13(11)18-7/h6,9,13,15-16H,1-5H3/t9-,13?,14?/m1/s1. The molecule has 0 aromatic carbocycles. The number of fused-ring (bicyclic) bond motifs is 1. The fourth-order valence-corrected chi connectivity index (χ4v) is 2.28. The Hall–Kier alpha value is -1.46. The maximum absolute atomic E-state index is 10.5. The predicted octanol–water partition coefficient (Wildman–Crippen LogP) is 1.58. The van der Waals surface area contributed by atoms with E-state index in [1.54, 1.807) is 33.8 Å². The van der Waals surface area contributed by atoms with E-state index in [0.29, 0.717) is 28.4 Å². The highest BCUT2D eigenvalue weighted by molar-refractivity contribution is 5.49. The second kappa shape index (κ2) is 4.58. The summed E-state index contributed by atoms with van der Waals surface area (Å²) in [5.74, 6) is 1.77. The van der Waals surface area contributed by atoms with Crippen LogP contribution >= 0.6 is 0 Å². The lowest BCUT2D eigenvalue weighted by atomic mass is 9.85. The first-order chi connectivity index (χ1) is 8.78. The quantitative estimate of drug-likeness (QED) is 0.813. The molecule has 19 heavy (non-hydrogen) atoms.